The van der Waals surface area contributed by atoms with Gasteiger partial charge in [-0.1, -0.05) is 69.5 Å². The van der Waals surface area contributed by atoms with Crippen molar-refractivity contribution >= 4 is 6.29 Å². The van der Waals surface area contributed by atoms with Gasteiger partial charge in [0.2, 0.25) is 0 Å². The molecule has 4 atom stereocenters. The molecule has 0 bridgehead atoms. The molecule has 1 spiro atoms. The molecule has 0 radical (unpaired) electrons. The third-order valence-corrected chi connectivity index (χ3v) is 10.4. The number of carbonyl (C=O) groups excluding carboxylic acids is 1. The van der Waals surface area contributed by atoms with Crippen molar-refractivity contribution in [2.24, 2.45) is 11.8 Å². The number of piperidine rings is 1. The number of hydrogen-bond donors (Lipinski definition) is 0. The Bertz CT molecular complexity index is 1080. The Morgan fingerprint density at radius 2 is 1.81 bits per heavy atom. The van der Waals surface area contributed by atoms with Crippen LogP contribution in [0.3, 0.4) is 0 Å². The van der Waals surface area contributed by atoms with Gasteiger partial charge in [-0.15, -0.1) is 0 Å². The number of carbonyl (C=O) groups is 1. The summed E-state index contributed by atoms with van der Waals surface area (Å²) in [5, 5.41) is 5.41. The molecule has 3 fully saturated rings. The molecule has 2 saturated heterocycles. The molecule has 2 aromatic rings. The van der Waals surface area contributed by atoms with Gasteiger partial charge in [0.15, 0.2) is 0 Å². The van der Waals surface area contributed by atoms with Crippen molar-refractivity contribution in [3.63, 3.8) is 0 Å². The van der Waals surface area contributed by atoms with Crippen molar-refractivity contribution in [3.8, 4) is 0 Å². The molecular weight excluding hydrogens is 454 g/mol. The zero-order valence-electron chi connectivity index (χ0n) is 22.9. The first-order valence-electron chi connectivity index (χ1n) is 15.1. The number of hydrogen-bond acceptors (Lipinski definition) is 4. The number of nitrogens with zero attached hydrogens (tertiary/aromatic N) is 3. The van der Waals surface area contributed by atoms with E-state index in [1.807, 2.05) is 0 Å². The van der Waals surface area contributed by atoms with Crippen LogP contribution < -0.4 is 0 Å². The normalized spacial score (nSPS) is 31.6. The summed E-state index contributed by atoms with van der Waals surface area (Å²) in [6, 6.07) is 16.4. The molecule has 6 rings (SSSR count). The fourth-order valence-corrected chi connectivity index (χ4v) is 8.34. The van der Waals surface area contributed by atoms with Crippen molar-refractivity contribution in [1.82, 2.24) is 15.0 Å². The molecular formula is C33H45N3O. The molecule has 1 saturated carbocycles. The fourth-order valence-electron chi connectivity index (χ4n) is 8.34. The molecule has 1 aromatic carbocycles. The van der Waals surface area contributed by atoms with E-state index in [9.17, 15) is 4.79 Å². The molecule has 0 amide bonds. The summed E-state index contributed by atoms with van der Waals surface area (Å²) >= 11 is 0. The number of aryl methyl sites for hydroxylation is 1. The Kier molecular flexibility index (Phi) is 7.24. The second-order valence-corrected chi connectivity index (χ2v) is 12.7. The van der Waals surface area contributed by atoms with Crippen molar-refractivity contribution in [2.45, 2.75) is 101 Å². The maximum atomic E-state index is 12.6. The third-order valence-electron chi connectivity index (χ3n) is 10.4. The maximum absolute atomic E-state index is 12.6. The monoisotopic (exact) mass is 499 g/mol. The van der Waals surface area contributed by atoms with Gasteiger partial charge in [-0.3, -0.25) is 4.98 Å². The van der Waals surface area contributed by atoms with Crippen LogP contribution in [0.2, 0.25) is 0 Å². The van der Waals surface area contributed by atoms with Crippen LogP contribution in [-0.2, 0) is 16.6 Å². The van der Waals surface area contributed by atoms with Gasteiger partial charge in [0.1, 0.15) is 6.29 Å². The van der Waals surface area contributed by atoms with Crippen LogP contribution in [0.4, 0.5) is 0 Å². The van der Waals surface area contributed by atoms with Crippen LogP contribution in [0, 0.1) is 11.8 Å². The third kappa shape index (κ3) is 4.69. The Hall–Kier alpha value is -2.04. The summed E-state index contributed by atoms with van der Waals surface area (Å²) < 4.78 is 0. The summed E-state index contributed by atoms with van der Waals surface area (Å²) in [6.45, 7) is 7.41. The summed E-state index contributed by atoms with van der Waals surface area (Å²) in [5.74, 6) is 1.92. The lowest BCUT2D eigenvalue weighted by atomic mass is 9.66. The van der Waals surface area contributed by atoms with E-state index < -0.39 is 0 Å². The maximum Gasteiger partial charge on any atom is 0.125 e. The Labute approximate surface area is 223 Å². The van der Waals surface area contributed by atoms with Gasteiger partial charge in [0.25, 0.3) is 0 Å². The number of pyridine rings is 1. The Morgan fingerprint density at radius 1 is 1.00 bits per heavy atom. The molecule has 4 aliphatic rings. The fraction of sp³-hybridized carbons (Fsp3) is 0.636. The second kappa shape index (κ2) is 10.6. The average molecular weight is 500 g/mol. The first-order valence-corrected chi connectivity index (χ1v) is 15.1. The Morgan fingerprint density at radius 3 is 2.57 bits per heavy atom. The first-order chi connectivity index (χ1) is 18.1. The number of aldehydes is 1. The standard InChI is InChI=1S/C33H45N3O/c1-24(2)30-16-15-29-31(34-30)14-9-18-33(29)23-35(21-28(33)22-37)36-19-17-27(25-10-5-3-6-11-25)20-32(36)26-12-7-4-8-13-26/h3,5-6,10-11,15-16,22,24,26-28,32H,4,7-9,12-14,17-21,23H2,1-2H3/t27-,28+,32+,33-/m1/s1. The van der Waals surface area contributed by atoms with E-state index in [4.69, 9.17) is 4.98 Å². The van der Waals surface area contributed by atoms with Gasteiger partial charge in [0, 0.05) is 48.4 Å². The summed E-state index contributed by atoms with van der Waals surface area (Å²) in [5.41, 5.74) is 5.26. The van der Waals surface area contributed by atoms with E-state index in [0.717, 1.165) is 44.8 Å². The lowest BCUT2D eigenvalue weighted by Gasteiger charge is -2.49. The topological polar surface area (TPSA) is 36.4 Å². The molecule has 1 aromatic heterocycles. The smallest absolute Gasteiger partial charge is 0.125 e. The highest BCUT2D eigenvalue weighted by atomic mass is 16.1. The van der Waals surface area contributed by atoms with Gasteiger partial charge < -0.3 is 4.79 Å². The highest BCUT2D eigenvalue weighted by Gasteiger charge is 2.52. The van der Waals surface area contributed by atoms with Gasteiger partial charge in [-0.25, -0.2) is 10.0 Å². The molecule has 0 unspecified atom stereocenters. The Balaban J connectivity index is 1.30. The minimum atomic E-state index is -0.0781. The number of fused-ring (bicyclic) bond motifs is 2. The highest BCUT2D eigenvalue weighted by molar-refractivity contribution is 5.60. The number of rotatable bonds is 5. The van der Waals surface area contributed by atoms with Crippen LogP contribution in [0.5, 0.6) is 0 Å². The molecule has 2 aliphatic carbocycles. The molecule has 4 heteroatoms. The van der Waals surface area contributed by atoms with E-state index >= 15 is 0 Å². The van der Waals surface area contributed by atoms with Crippen molar-refractivity contribution in [3.05, 3.63) is 65.0 Å². The molecule has 0 N–H and O–H groups in total. The molecule has 3 heterocycles. The average Bonchev–Trinajstić information content (AvgIpc) is 3.32. The number of benzene rings is 1. The predicted octanol–water partition coefficient (Wildman–Crippen LogP) is 6.65. The predicted molar refractivity (Wildman–Crippen MR) is 150 cm³/mol. The quantitative estimate of drug-likeness (QED) is 0.431. The van der Waals surface area contributed by atoms with E-state index in [0.29, 0.717) is 17.9 Å². The summed E-state index contributed by atoms with van der Waals surface area (Å²) in [4.78, 5) is 17.8. The van der Waals surface area contributed by atoms with Gasteiger partial charge in [-0.2, -0.15) is 0 Å². The lowest BCUT2D eigenvalue weighted by molar-refractivity contribution is -0.114. The highest BCUT2D eigenvalue weighted by Crippen LogP contribution is 2.49. The second-order valence-electron chi connectivity index (χ2n) is 12.7. The summed E-state index contributed by atoms with van der Waals surface area (Å²) in [7, 11) is 0. The first kappa shape index (κ1) is 25.2. The largest absolute Gasteiger partial charge is 0.303 e. The van der Waals surface area contributed by atoms with E-state index in [2.05, 4.69) is 66.3 Å². The molecule has 37 heavy (non-hydrogen) atoms. The van der Waals surface area contributed by atoms with Crippen molar-refractivity contribution < 1.29 is 4.79 Å². The van der Waals surface area contributed by atoms with Crippen LogP contribution in [0.25, 0.3) is 0 Å². The van der Waals surface area contributed by atoms with Crippen molar-refractivity contribution in [1.29, 1.82) is 0 Å². The number of aromatic nitrogens is 1. The van der Waals surface area contributed by atoms with E-state index in [-0.39, 0.29) is 11.3 Å². The zero-order chi connectivity index (χ0) is 25.4. The van der Waals surface area contributed by atoms with Crippen LogP contribution in [-0.4, -0.2) is 47.0 Å². The minimum Gasteiger partial charge on any atom is -0.303 e. The van der Waals surface area contributed by atoms with Crippen LogP contribution >= 0.6 is 0 Å². The number of hydrazine groups is 1. The molecule has 2 aliphatic heterocycles. The van der Waals surface area contributed by atoms with Gasteiger partial charge >= 0.3 is 0 Å². The van der Waals surface area contributed by atoms with Crippen molar-refractivity contribution in [2.75, 3.05) is 19.6 Å². The molecule has 198 valence electrons. The van der Waals surface area contributed by atoms with Gasteiger partial charge in [0.05, 0.1) is 0 Å². The molecule has 4 nitrogen and oxygen atoms in total. The van der Waals surface area contributed by atoms with Crippen LogP contribution in [0.15, 0.2) is 42.5 Å². The minimum absolute atomic E-state index is 0.0529. The van der Waals surface area contributed by atoms with Gasteiger partial charge in [-0.05, 0) is 79.9 Å². The SMILES string of the molecule is CC(C)c1ccc2c(n1)CCC[C@]21CN(N2CC[C@@H](c3ccccc3)C[C@H]2C2CCCCC2)C[C@H]1C=O. The van der Waals surface area contributed by atoms with E-state index in [1.54, 1.807) is 0 Å². The lowest BCUT2D eigenvalue weighted by Crippen LogP contribution is -2.55. The summed E-state index contributed by atoms with van der Waals surface area (Å²) in [6.07, 6.45) is 13.9. The van der Waals surface area contributed by atoms with Crippen LogP contribution in [0.1, 0.15) is 106 Å². The van der Waals surface area contributed by atoms with E-state index in [1.165, 1.54) is 73.7 Å². The zero-order valence-corrected chi connectivity index (χ0v) is 22.9.